The van der Waals surface area contributed by atoms with Crippen LogP contribution in [0.4, 0.5) is 0 Å². The number of likely N-dealkylation sites (N-methyl/N-ethyl adjacent to an activating group) is 1. The Morgan fingerprint density at radius 2 is 1.90 bits per heavy atom. The van der Waals surface area contributed by atoms with Gasteiger partial charge in [-0.15, -0.1) is 11.8 Å². The number of hydrogen-bond acceptors (Lipinski definition) is 4. The van der Waals surface area contributed by atoms with Crippen LogP contribution in [0, 0.1) is 5.92 Å². The molecule has 2 rings (SSSR count). The van der Waals surface area contributed by atoms with Crippen molar-refractivity contribution < 1.29 is 14.4 Å². The third-order valence-electron chi connectivity index (χ3n) is 4.09. The number of hydrogen-bond donors (Lipinski definition) is 1. The minimum absolute atomic E-state index is 0.0154. The number of carbonyl (C=O) groups is 3. The predicted molar refractivity (Wildman–Crippen MR) is 81.6 cm³/mol. The van der Waals surface area contributed by atoms with E-state index < -0.39 is 6.04 Å². The number of amides is 3. The fourth-order valence-electron chi connectivity index (χ4n) is 2.72. The lowest BCUT2D eigenvalue weighted by Gasteiger charge is -2.25. The number of nitrogens with one attached hydrogen (secondary N) is 1. The minimum Gasteiger partial charge on any atom is -0.347 e. The molecule has 1 N–H and O–H groups in total. The van der Waals surface area contributed by atoms with Gasteiger partial charge in [-0.1, -0.05) is 12.8 Å². The van der Waals surface area contributed by atoms with E-state index in [9.17, 15) is 14.4 Å². The Balaban J connectivity index is 1.90. The van der Waals surface area contributed by atoms with E-state index >= 15 is 0 Å². The molecule has 21 heavy (non-hydrogen) atoms. The zero-order valence-corrected chi connectivity index (χ0v) is 13.4. The highest BCUT2D eigenvalue weighted by molar-refractivity contribution is 7.99. The first-order valence-corrected chi connectivity index (χ1v) is 8.52. The van der Waals surface area contributed by atoms with Gasteiger partial charge >= 0.3 is 0 Å². The highest BCUT2D eigenvalue weighted by Gasteiger charge is 2.38. The van der Waals surface area contributed by atoms with Gasteiger partial charge in [-0.3, -0.25) is 14.4 Å². The lowest BCUT2D eigenvalue weighted by Crippen LogP contribution is -2.50. The smallest absolute Gasteiger partial charge is 0.244 e. The average molecular weight is 313 g/mol. The van der Waals surface area contributed by atoms with Crippen LogP contribution in [-0.4, -0.2) is 65.8 Å². The molecule has 7 heteroatoms. The Kier molecular flexibility index (Phi) is 5.50. The zero-order chi connectivity index (χ0) is 15.4. The molecule has 2 fully saturated rings. The first-order valence-electron chi connectivity index (χ1n) is 7.36. The maximum atomic E-state index is 12.5. The van der Waals surface area contributed by atoms with Crippen LogP contribution in [-0.2, 0) is 14.4 Å². The van der Waals surface area contributed by atoms with E-state index in [0.717, 1.165) is 25.7 Å². The van der Waals surface area contributed by atoms with Crippen molar-refractivity contribution in [1.82, 2.24) is 15.1 Å². The second-order valence-corrected chi connectivity index (χ2v) is 6.81. The number of nitrogens with zero attached hydrogens (tertiary/aromatic N) is 2. The summed E-state index contributed by atoms with van der Waals surface area (Å²) in [6.07, 6.45) is 4.08. The SMILES string of the molecule is CN(C)C(=O)CNC(=O)C1CSCN1C(=O)C1CCCC1. The maximum Gasteiger partial charge on any atom is 0.244 e. The molecule has 1 unspecified atom stereocenters. The Labute approximate surface area is 129 Å². The van der Waals surface area contributed by atoms with Crippen LogP contribution in [0.3, 0.4) is 0 Å². The van der Waals surface area contributed by atoms with E-state index in [4.69, 9.17) is 0 Å². The highest BCUT2D eigenvalue weighted by atomic mass is 32.2. The monoisotopic (exact) mass is 313 g/mol. The standard InChI is InChI=1S/C14H23N3O3S/c1-16(2)12(18)7-15-13(19)11-8-21-9-17(11)14(20)10-5-3-4-6-10/h10-11H,3-9H2,1-2H3,(H,15,19). The van der Waals surface area contributed by atoms with Crippen LogP contribution < -0.4 is 5.32 Å². The quantitative estimate of drug-likeness (QED) is 0.809. The molecule has 1 saturated carbocycles. The number of carbonyl (C=O) groups excluding carboxylic acids is 3. The van der Waals surface area contributed by atoms with Gasteiger partial charge in [0.25, 0.3) is 0 Å². The van der Waals surface area contributed by atoms with Gasteiger partial charge in [-0.25, -0.2) is 0 Å². The molecule has 118 valence electrons. The topological polar surface area (TPSA) is 69.7 Å². The summed E-state index contributed by atoms with van der Waals surface area (Å²) in [6.45, 7) is -0.0154. The molecule has 2 aliphatic rings. The van der Waals surface area contributed by atoms with Crippen LogP contribution in [0.15, 0.2) is 0 Å². The minimum atomic E-state index is -0.432. The fourth-order valence-corrected chi connectivity index (χ4v) is 3.89. The van der Waals surface area contributed by atoms with Crippen molar-refractivity contribution in [1.29, 1.82) is 0 Å². The van der Waals surface area contributed by atoms with Crippen molar-refractivity contribution in [3.63, 3.8) is 0 Å². The summed E-state index contributed by atoms with van der Waals surface area (Å²) in [5.74, 6) is 1.01. The molecule has 1 atom stereocenters. The zero-order valence-electron chi connectivity index (χ0n) is 12.6. The average Bonchev–Trinajstić information content (AvgIpc) is 3.13. The van der Waals surface area contributed by atoms with E-state index in [-0.39, 0.29) is 30.2 Å². The predicted octanol–water partition coefficient (Wildman–Crippen LogP) is 0.283. The van der Waals surface area contributed by atoms with Crippen LogP contribution >= 0.6 is 11.8 Å². The van der Waals surface area contributed by atoms with Crippen molar-refractivity contribution in [3.8, 4) is 0 Å². The molecule has 0 bridgehead atoms. The maximum absolute atomic E-state index is 12.5. The van der Waals surface area contributed by atoms with Gasteiger partial charge in [-0.05, 0) is 12.8 Å². The van der Waals surface area contributed by atoms with Crippen molar-refractivity contribution in [2.45, 2.75) is 31.7 Å². The van der Waals surface area contributed by atoms with Crippen molar-refractivity contribution in [2.75, 3.05) is 32.3 Å². The summed E-state index contributed by atoms with van der Waals surface area (Å²) >= 11 is 1.60. The van der Waals surface area contributed by atoms with Gasteiger partial charge in [-0.2, -0.15) is 0 Å². The second-order valence-electron chi connectivity index (χ2n) is 5.81. The van der Waals surface area contributed by atoms with Gasteiger partial charge in [0, 0.05) is 25.8 Å². The second kappa shape index (κ2) is 7.15. The first-order chi connectivity index (χ1) is 10.0. The Bertz CT molecular complexity index is 422. The Hall–Kier alpha value is -1.24. The molecule has 1 aliphatic carbocycles. The molecule has 1 aliphatic heterocycles. The summed E-state index contributed by atoms with van der Waals surface area (Å²) in [5, 5.41) is 2.64. The molecular weight excluding hydrogens is 290 g/mol. The van der Waals surface area contributed by atoms with Gasteiger partial charge in [0.2, 0.25) is 17.7 Å². The van der Waals surface area contributed by atoms with Crippen molar-refractivity contribution in [3.05, 3.63) is 0 Å². The van der Waals surface area contributed by atoms with Crippen molar-refractivity contribution in [2.24, 2.45) is 5.92 Å². The summed E-state index contributed by atoms with van der Waals surface area (Å²) in [4.78, 5) is 39.3. The van der Waals surface area contributed by atoms with E-state index in [1.54, 1.807) is 30.8 Å². The van der Waals surface area contributed by atoms with E-state index in [1.807, 2.05) is 0 Å². The molecule has 3 amide bonds. The summed E-state index contributed by atoms with van der Waals surface area (Å²) < 4.78 is 0. The first kappa shape index (κ1) is 16.1. The molecule has 6 nitrogen and oxygen atoms in total. The molecule has 0 spiro atoms. The van der Waals surface area contributed by atoms with Crippen LogP contribution in [0.1, 0.15) is 25.7 Å². The van der Waals surface area contributed by atoms with E-state index in [1.165, 1.54) is 4.90 Å². The highest BCUT2D eigenvalue weighted by Crippen LogP contribution is 2.30. The van der Waals surface area contributed by atoms with Gasteiger partial charge < -0.3 is 15.1 Å². The Morgan fingerprint density at radius 1 is 1.24 bits per heavy atom. The third-order valence-corrected chi connectivity index (χ3v) is 5.10. The summed E-state index contributed by atoms with van der Waals surface area (Å²) in [6, 6.07) is -0.432. The Morgan fingerprint density at radius 3 is 2.52 bits per heavy atom. The van der Waals surface area contributed by atoms with Gasteiger partial charge in [0.1, 0.15) is 6.04 Å². The number of thioether (sulfide) groups is 1. The lowest BCUT2D eigenvalue weighted by molar-refractivity contribution is -0.141. The largest absolute Gasteiger partial charge is 0.347 e. The fraction of sp³-hybridized carbons (Fsp3) is 0.786. The molecule has 0 aromatic carbocycles. The van der Waals surface area contributed by atoms with Gasteiger partial charge in [0.05, 0.1) is 12.4 Å². The van der Waals surface area contributed by atoms with Crippen LogP contribution in [0.5, 0.6) is 0 Å². The van der Waals surface area contributed by atoms with E-state index in [2.05, 4.69) is 5.32 Å². The molecule has 0 aromatic heterocycles. The molecule has 0 radical (unpaired) electrons. The van der Waals surface area contributed by atoms with Crippen LogP contribution in [0.25, 0.3) is 0 Å². The molecular formula is C14H23N3O3S. The molecule has 1 saturated heterocycles. The summed E-state index contributed by atoms with van der Waals surface area (Å²) in [5.41, 5.74) is 0. The van der Waals surface area contributed by atoms with Crippen molar-refractivity contribution >= 4 is 29.5 Å². The summed E-state index contributed by atoms with van der Waals surface area (Å²) in [7, 11) is 3.30. The van der Waals surface area contributed by atoms with Gasteiger partial charge in [0.15, 0.2) is 0 Å². The van der Waals surface area contributed by atoms with Crippen LogP contribution in [0.2, 0.25) is 0 Å². The molecule has 1 heterocycles. The number of rotatable bonds is 4. The molecule has 0 aromatic rings. The lowest BCUT2D eigenvalue weighted by atomic mass is 10.1. The van der Waals surface area contributed by atoms with E-state index in [0.29, 0.717) is 11.6 Å². The third kappa shape index (κ3) is 3.90. The normalized spacial score (nSPS) is 22.4.